The molecule has 0 amide bonds. The maximum Gasteiger partial charge on any atom is 0.343 e. The summed E-state index contributed by atoms with van der Waals surface area (Å²) in [5, 5.41) is 9.17. The molecule has 5 heteroatoms. The fourth-order valence-corrected chi connectivity index (χ4v) is 2.44. The van der Waals surface area contributed by atoms with Gasteiger partial charge in [-0.1, -0.05) is 12.8 Å². The third kappa shape index (κ3) is 2.09. The van der Waals surface area contributed by atoms with E-state index in [1.54, 1.807) is 6.92 Å². The first-order valence-corrected chi connectivity index (χ1v) is 5.97. The highest BCUT2D eigenvalue weighted by Gasteiger charge is 2.26. The standard InChI is InChI=1S/C12H16N2O3/c1-2-14-7-13-10(8-5-3-4-6-8)9(11(14)15)12(16)17/h7-8H,2-6H2,1H3,(H,16,17). The number of nitrogens with zero attached hydrogens (tertiary/aromatic N) is 2. The van der Waals surface area contributed by atoms with Gasteiger partial charge in [-0.25, -0.2) is 9.78 Å². The smallest absolute Gasteiger partial charge is 0.343 e. The molecule has 1 aromatic rings. The van der Waals surface area contributed by atoms with Crippen LogP contribution < -0.4 is 5.56 Å². The highest BCUT2D eigenvalue weighted by Crippen LogP contribution is 2.33. The molecule has 92 valence electrons. The third-order valence-corrected chi connectivity index (χ3v) is 3.36. The Balaban J connectivity index is 2.55. The van der Waals surface area contributed by atoms with Crippen molar-refractivity contribution in [1.29, 1.82) is 0 Å². The quantitative estimate of drug-likeness (QED) is 0.865. The molecule has 0 aliphatic heterocycles. The SMILES string of the molecule is CCn1cnc(C2CCCC2)c(C(=O)O)c1=O. The van der Waals surface area contributed by atoms with Crippen molar-refractivity contribution in [2.75, 3.05) is 0 Å². The second-order valence-electron chi connectivity index (χ2n) is 4.38. The van der Waals surface area contributed by atoms with E-state index in [2.05, 4.69) is 4.98 Å². The van der Waals surface area contributed by atoms with E-state index in [0.717, 1.165) is 25.7 Å². The molecule has 17 heavy (non-hydrogen) atoms. The summed E-state index contributed by atoms with van der Waals surface area (Å²) < 4.78 is 1.34. The predicted octanol–water partition coefficient (Wildman–Crippen LogP) is 1.62. The van der Waals surface area contributed by atoms with Crippen LogP contribution in [0.5, 0.6) is 0 Å². The minimum atomic E-state index is -1.16. The zero-order chi connectivity index (χ0) is 12.4. The van der Waals surface area contributed by atoms with Crippen molar-refractivity contribution < 1.29 is 9.90 Å². The largest absolute Gasteiger partial charge is 0.477 e. The van der Waals surface area contributed by atoms with Gasteiger partial charge in [0.05, 0.1) is 12.0 Å². The molecule has 0 saturated heterocycles. The van der Waals surface area contributed by atoms with Crippen molar-refractivity contribution >= 4 is 5.97 Å². The lowest BCUT2D eigenvalue weighted by Crippen LogP contribution is -2.29. The second-order valence-corrected chi connectivity index (χ2v) is 4.38. The Hall–Kier alpha value is -1.65. The molecule has 1 N–H and O–H groups in total. The van der Waals surface area contributed by atoms with Gasteiger partial charge in [0, 0.05) is 12.5 Å². The summed E-state index contributed by atoms with van der Waals surface area (Å²) in [6, 6.07) is 0. The fourth-order valence-electron chi connectivity index (χ4n) is 2.44. The molecular weight excluding hydrogens is 220 g/mol. The Morgan fingerprint density at radius 2 is 2.18 bits per heavy atom. The van der Waals surface area contributed by atoms with Crippen molar-refractivity contribution in [2.24, 2.45) is 0 Å². The highest BCUT2D eigenvalue weighted by atomic mass is 16.4. The van der Waals surface area contributed by atoms with E-state index in [1.165, 1.54) is 10.9 Å². The number of hydrogen-bond donors (Lipinski definition) is 1. The van der Waals surface area contributed by atoms with Gasteiger partial charge >= 0.3 is 5.97 Å². The minimum Gasteiger partial charge on any atom is -0.477 e. The predicted molar refractivity (Wildman–Crippen MR) is 62.3 cm³/mol. The maximum atomic E-state index is 12.0. The van der Waals surface area contributed by atoms with Crippen LogP contribution in [-0.2, 0) is 6.54 Å². The number of carbonyl (C=O) groups is 1. The van der Waals surface area contributed by atoms with Gasteiger partial charge in [0.25, 0.3) is 5.56 Å². The minimum absolute atomic E-state index is 0.138. The van der Waals surface area contributed by atoms with Gasteiger partial charge in [0.2, 0.25) is 0 Å². The van der Waals surface area contributed by atoms with Crippen molar-refractivity contribution in [3.05, 3.63) is 27.9 Å². The van der Waals surface area contributed by atoms with Gasteiger partial charge in [0.15, 0.2) is 0 Å². The first kappa shape index (κ1) is 11.8. The van der Waals surface area contributed by atoms with Crippen LogP contribution in [0.1, 0.15) is 54.6 Å². The van der Waals surface area contributed by atoms with Gasteiger partial charge in [-0.2, -0.15) is 0 Å². The lowest BCUT2D eigenvalue weighted by Gasteiger charge is -2.12. The van der Waals surface area contributed by atoms with Crippen LogP contribution in [0.2, 0.25) is 0 Å². The van der Waals surface area contributed by atoms with Crippen molar-refractivity contribution in [3.63, 3.8) is 0 Å². The first-order chi connectivity index (χ1) is 8.15. The molecule has 0 aromatic carbocycles. The Labute approximate surface area is 99.1 Å². The Morgan fingerprint density at radius 1 is 1.53 bits per heavy atom. The maximum absolute atomic E-state index is 12.0. The van der Waals surface area contributed by atoms with E-state index in [1.807, 2.05) is 0 Å². The topological polar surface area (TPSA) is 72.2 Å². The molecule has 1 aliphatic rings. The molecule has 1 heterocycles. The summed E-state index contributed by atoms with van der Waals surface area (Å²) >= 11 is 0. The first-order valence-electron chi connectivity index (χ1n) is 5.97. The molecule has 0 spiro atoms. The normalized spacial score (nSPS) is 16.3. The van der Waals surface area contributed by atoms with Crippen LogP contribution in [-0.4, -0.2) is 20.6 Å². The van der Waals surface area contributed by atoms with Crippen molar-refractivity contribution in [1.82, 2.24) is 9.55 Å². The van der Waals surface area contributed by atoms with Crippen molar-refractivity contribution in [3.8, 4) is 0 Å². The lowest BCUT2D eigenvalue weighted by atomic mass is 9.99. The van der Waals surface area contributed by atoms with E-state index in [9.17, 15) is 14.7 Å². The summed E-state index contributed by atoms with van der Waals surface area (Å²) in [6.45, 7) is 2.24. The molecule has 0 bridgehead atoms. The van der Waals surface area contributed by atoms with Gasteiger partial charge in [-0.15, -0.1) is 0 Å². The number of aromatic carboxylic acids is 1. The molecule has 5 nitrogen and oxygen atoms in total. The van der Waals surface area contributed by atoms with Crippen molar-refractivity contribution in [2.45, 2.75) is 45.1 Å². The molecular formula is C12H16N2O3. The Morgan fingerprint density at radius 3 is 2.71 bits per heavy atom. The second kappa shape index (κ2) is 4.69. The molecule has 1 aliphatic carbocycles. The van der Waals surface area contributed by atoms with Gasteiger partial charge in [0.1, 0.15) is 5.56 Å². The summed E-state index contributed by atoms with van der Waals surface area (Å²) in [5.41, 5.74) is -0.0946. The van der Waals surface area contributed by atoms with Gasteiger partial charge < -0.3 is 5.11 Å². The number of aryl methyl sites for hydroxylation is 1. The Bertz CT molecular complexity index is 487. The van der Waals surface area contributed by atoms with Crippen LogP contribution in [0.15, 0.2) is 11.1 Å². The van der Waals surface area contributed by atoms with E-state index in [0.29, 0.717) is 12.2 Å². The highest BCUT2D eigenvalue weighted by molar-refractivity contribution is 5.88. The third-order valence-electron chi connectivity index (χ3n) is 3.36. The zero-order valence-corrected chi connectivity index (χ0v) is 9.85. The number of hydrogen-bond acceptors (Lipinski definition) is 3. The van der Waals surface area contributed by atoms with Crippen LogP contribution in [0.4, 0.5) is 0 Å². The van der Waals surface area contributed by atoms with Crippen LogP contribution in [0, 0.1) is 0 Å². The molecule has 0 atom stereocenters. The van der Waals surface area contributed by atoms with Gasteiger partial charge in [-0.3, -0.25) is 9.36 Å². The molecule has 2 rings (SSSR count). The van der Waals surface area contributed by atoms with E-state index in [-0.39, 0.29) is 11.5 Å². The van der Waals surface area contributed by atoms with E-state index in [4.69, 9.17) is 0 Å². The van der Waals surface area contributed by atoms with Crippen LogP contribution in [0.3, 0.4) is 0 Å². The summed E-state index contributed by atoms with van der Waals surface area (Å²) in [4.78, 5) is 27.4. The average molecular weight is 236 g/mol. The summed E-state index contributed by atoms with van der Waals surface area (Å²) in [6.07, 6.45) is 5.50. The number of carboxylic acid groups (broad SMARTS) is 1. The average Bonchev–Trinajstić information content (AvgIpc) is 2.81. The monoisotopic (exact) mass is 236 g/mol. The number of aromatic nitrogens is 2. The van der Waals surface area contributed by atoms with Crippen LogP contribution >= 0.6 is 0 Å². The molecule has 1 saturated carbocycles. The summed E-state index contributed by atoms with van der Waals surface area (Å²) in [5.74, 6) is -1.02. The van der Waals surface area contributed by atoms with E-state index < -0.39 is 11.5 Å². The van der Waals surface area contributed by atoms with Crippen LogP contribution in [0.25, 0.3) is 0 Å². The van der Waals surface area contributed by atoms with Gasteiger partial charge in [-0.05, 0) is 19.8 Å². The molecule has 1 fully saturated rings. The number of carboxylic acids is 1. The molecule has 1 aromatic heterocycles. The lowest BCUT2D eigenvalue weighted by molar-refractivity contribution is 0.0691. The molecule has 0 unspecified atom stereocenters. The molecule has 0 radical (unpaired) electrons. The number of rotatable bonds is 3. The fraction of sp³-hybridized carbons (Fsp3) is 0.583. The summed E-state index contributed by atoms with van der Waals surface area (Å²) in [7, 11) is 0. The Kier molecular flexibility index (Phi) is 3.26. The van der Waals surface area contributed by atoms with E-state index >= 15 is 0 Å². The zero-order valence-electron chi connectivity index (χ0n) is 9.85.